The van der Waals surface area contributed by atoms with E-state index in [1.807, 2.05) is 55.5 Å². The maximum absolute atomic E-state index is 12.9. The topological polar surface area (TPSA) is 75.4 Å². The van der Waals surface area contributed by atoms with Crippen LogP contribution in [0.2, 0.25) is 0 Å². The van der Waals surface area contributed by atoms with Crippen molar-refractivity contribution in [3.63, 3.8) is 0 Å². The number of rotatable bonds is 4. The van der Waals surface area contributed by atoms with Crippen molar-refractivity contribution >= 4 is 23.2 Å². The summed E-state index contributed by atoms with van der Waals surface area (Å²) in [5, 5.41) is 3.33. The zero-order chi connectivity index (χ0) is 17.8. The van der Waals surface area contributed by atoms with E-state index in [4.69, 9.17) is 5.73 Å². The predicted octanol–water partition coefficient (Wildman–Crippen LogP) is 3.08. The van der Waals surface area contributed by atoms with Gasteiger partial charge in [-0.25, -0.2) is 0 Å². The van der Waals surface area contributed by atoms with Crippen LogP contribution in [-0.2, 0) is 4.79 Å². The second-order valence-electron chi connectivity index (χ2n) is 6.51. The highest BCUT2D eigenvalue weighted by atomic mass is 16.2. The molecular formula is C20H23N3O2. The first kappa shape index (κ1) is 17.0. The number of nitrogens with zero attached hydrogens (tertiary/aromatic N) is 1. The Bertz CT molecular complexity index is 763. The van der Waals surface area contributed by atoms with Crippen LogP contribution < -0.4 is 11.1 Å². The van der Waals surface area contributed by atoms with E-state index >= 15 is 0 Å². The Morgan fingerprint density at radius 1 is 1.04 bits per heavy atom. The summed E-state index contributed by atoms with van der Waals surface area (Å²) in [6.07, 6.45) is 1.27. The molecule has 0 aromatic heterocycles. The fourth-order valence-electron chi connectivity index (χ4n) is 3.11. The lowest BCUT2D eigenvalue weighted by molar-refractivity contribution is -0.123. The quantitative estimate of drug-likeness (QED) is 0.900. The summed E-state index contributed by atoms with van der Waals surface area (Å²) in [5.74, 6) is -0.406. The number of amides is 2. The van der Waals surface area contributed by atoms with Crippen molar-refractivity contribution in [2.75, 3.05) is 18.4 Å². The highest BCUT2D eigenvalue weighted by molar-refractivity contribution is 6.00. The van der Waals surface area contributed by atoms with Gasteiger partial charge in [-0.2, -0.15) is 0 Å². The number of para-hydroxylation sites is 1. The lowest BCUT2D eigenvalue weighted by Crippen LogP contribution is -2.41. The summed E-state index contributed by atoms with van der Waals surface area (Å²) >= 11 is 0. The van der Waals surface area contributed by atoms with E-state index in [0.29, 0.717) is 31.5 Å². The molecule has 3 N–H and O–H groups in total. The van der Waals surface area contributed by atoms with Crippen LogP contribution >= 0.6 is 0 Å². The lowest BCUT2D eigenvalue weighted by atomic mass is 9.95. The molecule has 0 saturated carbocycles. The third-order valence-corrected chi connectivity index (χ3v) is 4.67. The van der Waals surface area contributed by atoms with Gasteiger partial charge in [0.05, 0.1) is 11.3 Å². The zero-order valence-electron chi connectivity index (χ0n) is 14.4. The molecule has 5 nitrogen and oxygen atoms in total. The molecule has 2 aromatic carbocycles. The fraction of sp³-hybridized carbons (Fsp3) is 0.300. The van der Waals surface area contributed by atoms with Crippen molar-refractivity contribution < 1.29 is 9.59 Å². The molecule has 2 aromatic rings. The van der Waals surface area contributed by atoms with E-state index in [9.17, 15) is 9.59 Å². The number of nitrogens with two attached hydrogens (primary N) is 1. The Kier molecular flexibility index (Phi) is 5.03. The first-order valence-corrected chi connectivity index (χ1v) is 8.56. The number of nitrogens with one attached hydrogen (secondary N) is 1. The van der Waals surface area contributed by atoms with E-state index in [1.165, 1.54) is 5.56 Å². The Morgan fingerprint density at radius 2 is 1.68 bits per heavy atom. The van der Waals surface area contributed by atoms with Crippen LogP contribution in [0.3, 0.4) is 0 Å². The summed E-state index contributed by atoms with van der Waals surface area (Å²) in [5.41, 5.74) is 8.92. The maximum Gasteiger partial charge on any atom is 0.255 e. The Hall–Kier alpha value is -2.82. The predicted molar refractivity (Wildman–Crippen MR) is 98.7 cm³/mol. The van der Waals surface area contributed by atoms with E-state index in [-0.39, 0.29) is 17.7 Å². The van der Waals surface area contributed by atoms with E-state index in [0.717, 1.165) is 11.4 Å². The summed E-state index contributed by atoms with van der Waals surface area (Å²) in [6, 6.07) is 15.6. The molecule has 130 valence electrons. The minimum absolute atomic E-state index is 0.0156. The van der Waals surface area contributed by atoms with Gasteiger partial charge in [-0.1, -0.05) is 29.8 Å². The highest BCUT2D eigenvalue weighted by Crippen LogP contribution is 2.25. The van der Waals surface area contributed by atoms with Crippen molar-refractivity contribution in [1.29, 1.82) is 0 Å². The van der Waals surface area contributed by atoms with Crippen molar-refractivity contribution in [2.24, 2.45) is 11.7 Å². The van der Waals surface area contributed by atoms with Crippen LogP contribution in [0.15, 0.2) is 48.5 Å². The number of primary amides is 1. The number of piperidine rings is 1. The van der Waals surface area contributed by atoms with Gasteiger partial charge in [0.2, 0.25) is 5.91 Å². The number of likely N-dealkylation sites (tertiary alicyclic amines) is 1. The average Bonchev–Trinajstić information content (AvgIpc) is 2.63. The Balaban J connectivity index is 1.75. The smallest absolute Gasteiger partial charge is 0.255 e. The van der Waals surface area contributed by atoms with Crippen LogP contribution in [0, 0.1) is 12.8 Å². The number of hydrogen-bond acceptors (Lipinski definition) is 3. The van der Waals surface area contributed by atoms with Gasteiger partial charge in [0.1, 0.15) is 0 Å². The van der Waals surface area contributed by atoms with E-state index in [1.54, 1.807) is 4.90 Å². The second kappa shape index (κ2) is 7.38. The van der Waals surface area contributed by atoms with Gasteiger partial charge < -0.3 is 16.0 Å². The largest absolute Gasteiger partial charge is 0.369 e. The zero-order valence-corrected chi connectivity index (χ0v) is 14.4. The van der Waals surface area contributed by atoms with Crippen molar-refractivity contribution in [3.8, 4) is 0 Å². The first-order chi connectivity index (χ1) is 12.0. The van der Waals surface area contributed by atoms with Gasteiger partial charge in [0.25, 0.3) is 5.91 Å². The van der Waals surface area contributed by atoms with E-state index in [2.05, 4.69) is 5.32 Å². The second-order valence-corrected chi connectivity index (χ2v) is 6.51. The van der Waals surface area contributed by atoms with Crippen molar-refractivity contribution in [1.82, 2.24) is 4.90 Å². The van der Waals surface area contributed by atoms with Crippen molar-refractivity contribution in [2.45, 2.75) is 19.8 Å². The molecule has 1 aliphatic rings. The third-order valence-electron chi connectivity index (χ3n) is 4.67. The molecule has 0 spiro atoms. The number of carbonyl (C=O) groups is 2. The Labute approximate surface area is 147 Å². The molecule has 0 bridgehead atoms. The van der Waals surface area contributed by atoms with Gasteiger partial charge in [0.15, 0.2) is 0 Å². The molecule has 3 rings (SSSR count). The molecule has 1 aliphatic heterocycles. The molecule has 25 heavy (non-hydrogen) atoms. The van der Waals surface area contributed by atoms with Gasteiger partial charge in [0, 0.05) is 24.7 Å². The first-order valence-electron chi connectivity index (χ1n) is 8.56. The molecule has 0 unspecified atom stereocenters. The normalized spacial score (nSPS) is 15.0. The number of aryl methyl sites for hydroxylation is 1. The molecule has 2 amide bonds. The number of benzene rings is 2. The van der Waals surface area contributed by atoms with Crippen LogP contribution in [0.1, 0.15) is 28.8 Å². The van der Waals surface area contributed by atoms with Crippen LogP contribution in [0.4, 0.5) is 11.4 Å². The molecule has 1 heterocycles. The van der Waals surface area contributed by atoms with Gasteiger partial charge >= 0.3 is 0 Å². The molecular weight excluding hydrogens is 314 g/mol. The Morgan fingerprint density at radius 3 is 2.32 bits per heavy atom. The number of anilines is 2. The molecule has 0 atom stereocenters. The third kappa shape index (κ3) is 3.99. The minimum atomic E-state index is -0.270. The summed E-state index contributed by atoms with van der Waals surface area (Å²) < 4.78 is 0. The van der Waals surface area contributed by atoms with Crippen molar-refractivity contribution in [3.05, 3.63) is 59.7 Å². The van der Waals surface area contributed by atoms with Crippen LogP contribution in [0.25, 0.3) is 0 Å². The molecule has 1 fully saturated rings. The lowest BCUT2D eigenvalue weighted by Gasteiger charge is -2.31. The number of hydrogen-bond donors (Lipinski definition) is 2. The molecule has 0 aliphatic carbocycles. The monoisotopic (exact) mass is 337 g/mol. The molecule has 5 heteroatoms. The highest BCUT2D eigenvalue weighted by Gasteiger charge is 2.27. The standard InChI is InChI=1S/C20H23N3O2/c1-14-6-8-16(9-7-14)22-18-5-3-2-4-17(18)20(25)23-12-10-15(11-13-23)19(21)24/h2-9,15,22H,10-13H2,1H3,(H2,21,24). The summed E-state index contributed by atoms with van der Waals surface area (Å²) in [7, 11) is 0. The molecule has 1 saturated heterocycles. The van der Waals surface area contributed by atoms with Gasteiger partial charge in [-0.3, -0.25) is 9.59 Å². The van der Waals surface area contributed by atoms with E-state index < -0.39 is 0 Å². The number of carbonyl (C=O) groups excluding carboxylic acids is 2. The average molecular weight is 337 g/mol. The molecule has 0 radical (unpaired) electrons. The fourth-order valence-corrected chi connectivity index (χ4v) is 3.11. The van der Waals surface area contributed by atoms with Gasteiger partial charge in [-0.15, -0.1) is 0 Å². The maximum atomic E-state index is 12.9. The minimum Gasteiger partial charge on any atom is -0.369 e. The SMILES string of the molecule is Cc1ccc(Nc2ccccc2C(=O)N2CCC(C(N)=O)CC2)cc1. The van der Waals surface area contributed by atoms with Gasteiger partial charge in [-0.05, 0) is 44.0 Å². The summed E-state index contributed by atoms with van der Waals surface area (Å²) in [4.78, 5) is 26.0. The summed E-state index contributed by atoms with van der Waals surface area (Å²) in [6.45, 7) is 3.16. The van der Waals surface area contributed by atoms with Crippen LogP contribution in [-0.4, -0.2) is 29.8 Å². The van der Waals surface area contributed by atoms with Crippen LogP contribution in [0.5, 0.6) is 0 Å².